The number of nitrogens with two attached hydrogens (primary N) is 1. The van der Waals surface area contributed by atoms with Gasteiger partial charge in [0.2, 0.25) is 10.0 Å². The van der Waals surface area contributed by atoms with Gasteiger partial charge in [0.1, 0.15) is 4.90 Å². The van der Waals surface area contributed by atoms with E-state index in [9.17, 15) is 8.42 Å². The van der Waals surface area contributed by atoms with Crippen LogP contribution in [0.2, 0.25) is 5.02 Å². The lowest BCUT2D eigenvalue weighted by atomic mass is 10.3. The molecule has 1 aromatic carbocycles. The largest absolute Gasteiger partial charge is 0.399 e. The van der Waals surface area contributed by atoms with Crippen LogP contribution in [0.4, 0.5) is 5.69 Å². The molecule has 0 saturated carbocycles. The van der Waals surface area contributed by atoms with Gasteiger partial charge in [0.15, 0.2) is 0 Å². The van der Waals surface area contributed by atoms with Crippen LogP contribution in [0.15, 0.2) is 23.1 Å². The number of anilines is 1. The van der Waals surface area contributed by atoms with Gasteiger partial charge in [-0.1, -0.05) is 18.5 Å². The summed E-state index contributed by atoms with van der Waals surface area (Å²) >= 11 is 5.99. The standard InChI is InChI=1S/C12H18ClN3O2S/c1-2-15-5-7-16(8-6-15)19(17,18)12-4-3-10(14)9-11(12)13/h3-4,9H,2,5-8,14H2,1H3. The highest BCUT2D eigenvalue weighted by molar-refractivity contribution is 7.89. The lowest BCUT2D eigenvalue weighted by molar-refractivity contribution is 0.196. The molecule has 1 aromatic rings. The second kappa shape index (κ2) is 5.66. The summed E-state index contributed by atoms with van der Waals surface area (Å²) in [7, 11) is -3.52. The fraction of sp³-hybridized carbons (Fsp3) is 0.500. The van der Waals surface area contributed by atoms with Crippen LogP contribution >= 0.6 is 11.6 Å². The van der Waals surface area contributed by atoms with Gasteiger partial charge >= 0.3 is 0 Å². The first-order valence-corrected chi connectivity index (χ1v) is 8.04. The molecule has 0 radical (unpaired) electrons. The molecule has 0 unspecified atom stereocenters. The zero-order valence-corrected chi connectivity index (χ0v) is 12.4. The van der Waals surface area contributed by atoms with E-state index in [-0.39, 0.29) is 9.92 Å². The minimum atomic E-state index is -3.52. The van der Waals surface area contributed by atoms with Crippen molar-refractivity contribution in [1.82, 2.24) is 9.21 Å². The van der Waals surface area contributed by atoms with Crippen molar-refractivity contribution in [3.05, 3.63) is 23.2 Å². The quantitative estimate of drug-likeness (QED) is 0.854. The van der Waals surface area contributed by atoms with Crippen molar-refractivity contribution in [2.24, 2.45) is 0 Å². The number of halogens is 1. The van der Waals surface area contributed by atoms with Crippen LogP contribution < -0.4 is 5.73 Å². The lowest BCUT2D eigenvalue weighted by Gasteiger charge is -2.33. The number of rotatable bonds is 3. The third kappa shape index (κ3) is 3.02. The molecule has 0 amide bonds. The monoisotopic (exact) mass is 303 g/mol. The Bertz CT molecular complexity index is 554. The highest BCUT2D eigenvalue weighted by atomic mass is 35.5. The number of nitrogens with zero attached hydrogens (tertiary/aromatic N) is 2. The first-order valence-electron chi connectivity index (χ1n) is 6.22. The molecule has 0 bridgehead atoms. The maximum absolute atomic E-state index is 12.5. The van der Waals surface area contributed by atoms with Crippen LogP contribution in [-0.2, 0) is 10.0 Å². The van der Waals surface area contributed by atoms with Crippen LogP contribution in [0.1, 0.15) is 6.92 Å². The summed E-state index contributed by atoms with van der Waals surface area (Å²) in [5.41, 5.74) is 6.04. The zero-order chi connectivity index (χ0) is 14.0. The van der Waals surface area contributed by atoms with Gasteiger partial charge in [0, 0.05) is 31.9 Å². The average Bonchev–Trinajstić information content (AvgIpc) is 2.38. The zero-order valence-electron chi connectivity index (χ0n) is 10.8. The molecule has 5 nitrogen and oxygen atoms in total. The Kier molecular flexibility index (Phi) is 4.35. The number of piperazine rings is 1. The van der Waals surface area contributed by atoms with Gasteiger partial charge < -0.3 is 10.6 Å². The van der Waals surface area contributed by atoms with E-state index in [2.05, 4.69) is 11.8 Å². The summed E-state index contributed by atoms with van der Waals surface area (Å²) < 4.78 is 26.5. The molecule has 0 aliphatic carbocycles. The molecule has 1 fully saturated rings. The Morgan fingerprint density at radius 2 is 1.89 bits per heavy atom. The van der Waals surface area contributed by atoms with Gasteiger partial charge in [-0.05, 0) is 24.7 Å². The van der Waals surface area contributed by atoms with E-state index in [4.69, 9.17) is 17.3 Å². The molecule has 1 saturated heterocycles. The SMILES string of the molecule is CCN1CCN(S(=O)(=O)c2ccc(N)cc2Cl)CC1. The second-order valence-electron chi connectivity index (χ2n) is 4.53. The van der Waals surface area contributed by atoms with E-state index < -0.39 is 10.0 Å². The highest BCUT2D eigenvalue weighted by Gasteiger charge is 2.29. The molecule has 2 N–H and O–H groups in total. The van der Waals surface area contributed by atoms with Crippen LogP contribution in [0, 0.1) is 0 Å². The van der Waals surface area contributed by atoms with Crippen LogP contribution in [0.3, 0.4) is 0 Å². The molecule has 7 heteroatoms. The van der Waals surface area contributed by atoms with Gasteiger partial charge in [-0.15, -0.1) is 0 Å². The van der Waals surface area contributed by atoms with Gasteiger partial charge in [0.25, 0.3) is 0 Å². The lowest BCUT2D eigenvalue weighted by Crippen LogP contribution is -2.48. The summed E-state index contributed by atoms with van der Waals surface area (Å²) in [6.45, 7) is 5.51. The number of hydrogen-bond acceptors (Lipinski definition) is 4. The minimum absolute atomic E-state index is 0.133. The molecule has 0 spiro atoms. The molecule has 2 rings (SSSR count). The Labute approximate surface area is 119 Å². The third-order valence-corrected chi connectivity index (χ3v) is 5.73. The van der Waals surface area contributed by atoms with Crippen molar-refractivity contribution in [3.8, 4) is 0 Å². The Hall–Kier alpha value is -0.820. The first kappa shape index (κ1) is 14.6. The predicted octanol–water partition coefficient (Wildman–Crippen LogP) is 1.25. The predicted molar refractivity (Wildman–Crippen MR) is 76.7 cm³/mol. The van der Waals surface area contributed by atoms with E-state index in [1.54, 1.807) is 6.07 Å². The first-order chi connectivity index (χ1) is 8.95. The Morgan fingerprint density at radius 3 is 2.42 bits per heavy atom. The van der Waals surface area contributed by atoms with E-state index in [1.807, 2.05) is 0 Å². The van der Waals surface area contributed by atoms with Crippen molar-refractivity contribution in [2.45, 2.75) is 11.8 Å². The molecule has 0 aromatic heterocycles. The van der Waals surface area contributed by atoms with Crippen molar-refractivity contribution in [3.63, 3.8) is 0 Å². The summed E-state index contributed by atoms with van der Waals surface area (Å²) in [5, 5.41) is 0.179. The number of hydrogen-bond donors (Lipinski definition) is 1. The van der Waals surface area contributed by atoms with Crippen molar-refractivity contribution >= 4 is 27.3 Å². The van der Waals surface area contributed by atoms with Crippen LogP contribution in [0.25, 0.3) is 0 Å². The van der Waals surface area contributed by atoms with Gasteiger partial charge in [-0.25, -0.2) is 8.42 Å². The van der Waals surface area contributed by atoms with Crippen molar-refractivity contribution < 1.29 is 8.42 Å². The molecule has 1 aliphatic rings. The fourth-order valence-corrected chi connectivity index (χ4v) is 4.10. The van der Waals surface area contributed by atoms with E-state index in [0.29, 0.717) is 18.8 Å². The number of likely N-dealkylation sites (N-methyl/N-ethyl adjacent to an activating group) is 1. The summed E-state index contributed by atoms with van der Waals surface area (Å²) in [6, 6.07) is 4.50. The van der Waals surface area contributed by atoms with Crippen molar-refractivity contribution in [2.75, 3.05) is 38.5 Å². The molecule has 1 aliphatic heterocycles. The Morgan fingerprint density at radius 1 is 1.26 bits per heavy atom. The number of nitrogen functional groups attached to an aromatic ring is 1. The van der Waals surface area contributed by atoms with Crippen LogP contribution in [-0.4, -0.2) is 50.3 Å². The molecule has 19 heavy (non-hydrogen) atoms. The maximum atomic E-state index is 12.5. The summed E-state index contributed by atoms with van der Waals surface area (Å²) in [5.74, 6) is 0. The molecule has 106 valence electrons. The number of sulfonamides is 1. The van der Waals surface area contributed by atoms with Crippen molar-refractivity contribution in [1.29, 1.82) is 0 Å². The molecular weight excluding hydrogens is 286 g/mol. The summed E-state index contributed by atoms with van der Waals surface area (Å²) in [4.78, 5) is 2.35. The van der Waals surface area contributed by atoms with E-state index in [1.165, 1.54) is 16.4 Å². The van der Waals surface area contributed by atoms with Gasteiger partial charge in [0.05, 0.1) is 5.02 Å². The maximum Gasteiger partial charge on any atom is 0.244 e. The molecular formula is C12H18ClN3O2S. The van der Waals surface area contributed by atoms with E-state index >= 15 is 0 Å². The third-order valence-electron chi connectivity index (χ3n) is 3.35. The minimum Gasteiger partial charge on any atom is -0.399 e. The smallest absolute Gasteiger partial charge is 0.244 e. The van der Waals surface area contributed by atoms with Crippen LogP contribution in [0.5, 0.6) is 0 Å². The van der Waals surface area contributed by atoms with Gasteiger partial charge in [-0.2, -0.15) is 4.31 Å². The summed E-state index contributed by atoms with van der Waals surface area (Å²) in [6.07, 6.45) is 0. The van der Waals surface area contributed by atoms with E-state index in [0.717, 1.165) is 19.6 Å². The number of benzene rings is 1. The van der Waals surface area contributed by atoms with Gasteiger partial charge in [-0.3, -0.25) is 0 Å². The molecule has 1 heterocycles. The normalized spacial score (nSPS) is 18.6. The molecule has 0 atom stereocenters. The highest BCUT2D eigenvalue weighted by Crippen LogP contribution is 2.27. The average molecular weight is 304 g/mol. The Balaban J connectivity index is 2.23. The topological polar surface area (TPSA) is 66.6 Å². The second-order valence-corrected chi connectivity index (χ2v) is 6.84. The fourth-order valence-electron chi connectivity index (χ4n) is 2.15.